The maximum absolute atomic E-state index is 12.8. The number of amides is 1. The average molecular weight is 358 g/mol. The Morgan fingerprint density at radius 2 is 1.92 bits per heavy atom. The van der Waals surface area contributed by atoms with Crippen LogP contribution in [-0.2, 0) is 4.79 Å². The van der Waals surface area contributed by atoms with E-state index in [1.54, 1.807) is 50.6 Å². The first-order valence-corrected chi connectivity index (χ1v) is 8.09. The summed E-state index contributed by atoms with van der Waals surface area (Å²) in [5.74, 6) is -1.35. The maximum atomic E-state index is 12.8. The molecular weight excluding hydrogens is 341 g/mol. The number of anilines is 1. The van der Waals surface area contributed by atoms with Crippen LogP contribution < -0.4 is 9.64 Å². The third-order valence-electron chi connectivity index (χ3n) is 3.14. The van der Waals surface area contributed by atoms with E-state index in [2.05, 4.69) is 4.98 Å². The molecule has 4 nitrogen and oxygen atoms in total. The molecule has 1 amide bonds. The summed E-state index contributed by atoms with van der Waals surface area (Å²) in [6, 6.07) is 6.99. The van der Waals surface area contributed by atoms with Crippen molar-refractivity contribution >= 4 is 22.4 Å². The Balaban J connectivity index is 2.31. The van der Waals surface area contributed by atoms with Crippen LogP contribution in [0.4, 0.5) is 18.3 Å². The van der Waals surface area contributed by atoms with E-state index >= 15 is 0 Å². The number of rotatable bonds is 5. The zero-order valence-electron chi connectivity index (χ0n) is 13.4. The van der Waals surface area contributed by atoms with Gasteiger partial charge in [0.15, 0.2) is 5.13 Å². The van der Waals surface area contributed by atoms with Crippen molar-refractivity contribution < 1.29 is 22.7 Å². The zero-order chi connectivity index (χ0) is 17.9. The summed E-state index contributed by atoms with van der Waals surface area (Å²) in [4.78, 5) is 16.6. The molecule has 0 bridgehead atoms. The van der Waals surface area contributed by atoms with Crippen molar-refractivity contribution in [2.45, 2.75) is 20.0 Å². The van der Waals surface area contributed by atoms with E-state index in [1.165, 1.54) is 0 Å². The number of alkyl halides is 3. The minimum absolute atomic E-state index is 0.0387. The maximum Gasteiger partial charge on any atom is 0.471 e. The van der Waals surface area contributed by atoms with Crippen LogP contribution in [0.1, 0.15) is 13.8 Å². The smallest absolute Gasteiger partial charge is 0.471 e. The van der Waals surface area contributed by atoms with Crippen LogP contribution in [0.3, 0.4) is 0 Å². The number of methoxy groups -OCH3 is 1. The molecule has 0 radical (unpaired) electrons. The topological polar surface area (TPSA) is 42.4 Å². The van der Waals surface area contributed by atoms with Crippen LogP contribution in [0.2, 0.25) is 0 Å². The van der Waals surface area contributed by atoms with Gasteiger partial charge in [-0.3, -0.25) is 9.69 Å². The van der Waals surface area contributed by atoms with Gasteiger partial charge in [-0.25, -0.2) is 4.98 Å². The number of ether oxygens (including phenoxy) is 1. The van der Waals surface area contributed by atoms with Crippen LogP contribution in [0.25, 0.3) is 11.3 Å². The van der Waals surface area contributed by atoms with Gasteiger partial charge in [-0.15, -0.1) is 11.3 Å². The third-order valence-corrected chi connectivity index (χ3v) is 4.01. The molecule has 1 aromatic heterocycles. The zero-order valence-corrected chi connectivity index (χ0v) is 14.2. The van der Waals surface area contributed by atoms with Crippen molar-refractivity contribution in [2.24, 2.45) is 5.92 Å². The molecule has 0 spiro atoms. The number of hydrogen-bond acceptors (Lipinski definition) is 4. The number of aromatic nitrogens is 1. The first-order chi connectivity index (χ1) is 11.2. The minimum Gasteiger partial charge on any atom is -0.497 e. The molecule has 2 rings (SSSR count). The van der Waals surface area contributed by atoms with Gasteiger partial charge in [0, 0.05) is 17.5 Å². The molecule has 0 saturated heterocycles. The number of carbonyl (C=O) groups excluding carboxylic acids is 1. The fourth-order valence-electron chi connectivity index (χ4n) is 2.05. The first kappa shape index (κ1) is 18.3. The molecule has 1 heterocycles. The average Bonchev–Trinajstić information content (AvgIpc) is 3.00. The highest BCUT2D eigenvalue weighted by Crippen LogP contribution is 2.31. The SMILES string of the molecule is COc1ccc(-c2csc(N(CC(C)C)C(=O)C(F)(F)F)n2)cc1. The van der Waals surface area contributed by atoms with Crippen molar-refractivity contribution in [3.8, 4) is 17.0 Å². The molecular formula is C16H17F3N2O2S. The number of thiazole rings is 1. The Morgan fingerprint density at radius 3 is 2.42 bits per heavy atom. The Labute approximate surface area is 141 Å². The van der Waals surface area contributed by atoms with E-state index in [1.807, 2.05) is 0 Å². The lowest BCUT2D eigenvalue weighted by atomic mass is 10.2. The van der Waals surface area contributed by atoms with E-state index in [9.17, 15) is 18.0 Å². The molecule has 2 aromatic rings. The summed E-state index contributed by atoms with van der Waals surface area (Å²) in [5, 5.41) is 1.67. The number of hydrogen-bond donors (Lipinski definition) is 0. The first-order valence-electron chi connectivity index (χ1n) is 7.21. The summed E-state index contributed by atoms with van der Waals surface area (Å²) < 4.78 is 43.5. The largest absolute Gasteiger partial charge is 0.497 e. The van der Waals surface area contributed by atoms with Gasteiger partial charge in [-0.1, -0.05) is 13.8 Å². The number of benzene rings is 1. The van der Waals surface area contributed by atoms with Gasteiger partial charge in [0.1, 0.15) is 5.75 Å². The van der Waals surface area contributed by atoms with Crippen LogP contribution >= 0.6 is 11.3 Å². The van der Waals surface area contributed by atoms with Crippen LogP contribution in [0.15, 0.2) is 29.6 Å². The molecule has 130 valence electrons. The molecule has 0 aliphatic heterocycles. The Morgan fingerprint density at radius 1 is 1.29 bits per heavy atom. The fourth-order valence-corrected chi connectivity index (χ4v) is 2.89. The second-order valence-electron chi connectivity index (χ2n) is 5.55. The summed E-state index contributed by atoms with van der Waals surface area (Å²) in [7, 11) is 1.54. The van der Waals surface area contributed by atoms with Gasteiger partial charge in [-0.2, -0.15) is 13.2 Å². The predicted octanol–water partition coefficient (Wildman–Crippen LogP) is 4.37. The molecule has 0 aliphatic carbocycles. The van der Waals surface area contributed by atoms with Gasteiger partial charge in [0.05, 0.1) is 12.8 Å². The molecule has 0 fully saturated rings. The van der Waals surface area contributed by atoms with Crippen LogP contribution in [-0.4, -0.2) is 30.7 Å². The number of carbonyl (C=O) groups is 1. The monoisotopic (exact) mass is 358 g/mol. The highest BCUT2D eigenvalue weighted by Gasteiger charge is 2.44. The molecule has 24 heavy (non-hydrogen) atoms. The van der Waals surface area contributed by atoms with Gasteiger partial charge in [0.25, 0.3) is 0 Å². The lowest BCUT2D eigenvalue weighted by molar-refractivity contribution is -0.170. The van der Waals surface area contributed by atoms with Gasteiger partial charge in [0.2, 0.25) is 0 Å². The third kappa shape index (κ3) is 4.25. The minimum atomic E-state index is -4.93. The van der Waals surface area contributed by atoms with Crippen molar-refractivity contribution in [2.75, 3.05) is 18.6 Å². The van der Waals surface area contributed by atoms with Crippen molar-refractivity contribution in [1.82, 2.24) is 4.98 Å². The Kier molecular flexibility index (Phi) is 5.48. The summed E-state index contributed by atoms with van der Waals surface area (Å²) in [6.45, 7) is 3.44. The van der Waals surface area contributed by atoms with Crippen molar-refractivity contribution in [1.29, 1.82) is 0 Å². The molecule has 0 saturated carbocycles. The predicted molar refractivity (Wildman–Crippen MR) is 87.3 cm³/mol. The van der Waals surface area contributed by atoms with Crippen molar-refractivity contribution in [3.05, 3.63) is 29.6 Å². The van der Waals surface area contributed by atoms with E-state index in [0.29, 0.717) is 16.3 Å². The second kappa shape index (κ2) is 7.21. The highest BCUT2D eigenvalue weighted by molar-refractivity contribution is 7.14. The summed E-state index contributed by atoms with van der Waals surface area (Å²) in [5.41, 5.74) is 1.25. The van der Waals surface area contributed by atoms with Crippen molar-refractivity contribution in [3.63, 3.8) is 0 Å². The number of halogens is 3. The van der Waals surface area contributed by atoms with Gasteiger partial charge in [-0.05, 0) is 30.2 Å². The molecule has 1 aromatic carbocycles. The highest BCUT2D eigenvalue weighted by atomic mass is 32.1. The van der Waals surface area contributed by atoms with E-state index < -0.39 is 12.1 Å². The summed E-state index contributed by atoms with van der Waals surface area (Å²) >= 11 is 1.01. The molecule has 0 N–H and O–H groups in total. The quantitative estimate of drug-likeness (QED) is 0.797. The second-order valence-corrected chi connectivity index (χ2v) is 6.39. The van der Waals surface area contributed by atoms with Gasteiger partial charge < -0.3 is 4.74 Å². The fraction of sp³-hybridized carbons (Fsp3) is 0.375. The lowest BCUT2D eigenvalue weighted by Gasteiger charge is -2.22. The van der Waals surface area contributed by atoms with E-state index in [4.69, 9.17) is 4.74 Å². The summed E-state index contributed by atoms with van der Waals surface area (Å²) in [6.07, 6.45) is -4.93. The molecule has 0 atom stereocenters. The number of nitrogens with zero attached hydrogens (tertiary/aromatic N) is 2. The van der Waals surface area contributed by atoms with Gasteiger partial charge >= 0.3 is 12.1 Å². The standard InChI is InChI=1S/C16H17F3N2O2S/c1-10(2)8-21(14(22)16(17,18)19)15-20-13(9-24-15)11-4-6-12(23-3)7-5-11/h4-7,9-10H,8H2,1-3H3. The normalized spacial score (nSPS) is 11.6. The lowest BCUT2D eigenvalue weighted by Crippen LogP contribution is -2.43. The molecule has 0 aliphatic rings. The molecule has 0 unspecified atom stereocenters. The Hall–Kier alpha value is -2.09. The van der Waals surface area contributed by atoms with Crippen LogP contribution in [0, 0.1) is 5.92 Å². The van der Waals surface area contributed by atoms with Crippen LogP contribution in [0.5, 0.6) is 5.75 Å². The molecule has 8 heteroatoms. The van der Waals surface area contributed by atoms with E-state index in [0.717, 1.165) is 16.9 Å². The Bertz CT molecular complexity index is 696. The van der Waals surface area contributed by atoms with E-state index in [-0.39, 0.29) is 17.6 Å².